The number of carbonyl (C=O) groups is 1. The topological polar surface area (TPSA) is 57.7 Å². The Morgan fingerprint density at radius 2 is 1.90 bits per heavy atom. The zero-order chi connectivity index (χ0) is 14.8. The first-order valence-corrected chi connectivity index (χ1v) is 8.55. The maximum atomic E-state index is 12.6. The fourth-order valence-electron chi connectivity index (χ4n) is 2.55. The first-order valence-electron chi connectivity index (χ1n) is 6.70. The SMILES string of the molecule is CN(C(=O)C1CCCCN1S(C)(=O)=O)c1ccccc1. The zero-order valence-electron chi connectivity index (χ0n) is 11.8. The maximum Gasteiger partial charge on any atom is 0.245 e. The van der Waals surface area contributed by atoms with Crippen molar-refractivity contribution >= 4 is 21.6 Å². The van der Waals surface area contributed by atoms with Crippen molar-refractivity contribution in [1.82, 2.24) is 4.31 Å². The number of amides is 1. The minimum Gasteiger partial charge on any atom is -0.314 e. The molecule has 0 radical (unpaired) electrons. The molecule has 1 unspecified atom stereocenters. The van der Waals surface area contributed by atoms with Crippen LogP contribution in [0.2, 0.25) is 0 Å². The molecule has 6 heteroatoms. The third-order valence-corrected chi connectivity index (χ3v) is 4.93. The van der Waals surface area contributed by atoms with Crippen LogP contribution in [0.1, 0.15) is 19.3 Å². The van der Waals surface area contributed by atoms with E-state index in [1.54, 1.807) is 7.05 Å². The third-order valence-electron chi connectivity index (χ3n) is 3.64. The second-order valence-corrected chi connectivity index (χ2v) is 7.05. The molecule has 0 aromatic heterocycles. The van der Waals surface area contributed by atoms with E-state index in [4.69, 9.17) is 0 Å². The number of nitrogens with zero attached hydrogens (tertiary/aromatic N) is 2. The second-order valence-electron chi connectivity index (χ2n) is 5.12. The van der Waals surface area contributed by atoms with Crippen LogP contribution in [-0.4, -0.2) is 44.5 Å². The van der Waals surface area contributed by atoms with Crippen molar-refractivity contribution in [3.63, 3.8) is 0 Å². The Hall–Kier alpha value is -1.40. The molecule has 0 bridgehead atoms. The standard InChI is InChI=1S/C14H20N2O3S/c1-15(12-8-4-3-5-9-12)14(17)13-10-6-7-11-16(13)20(2,18)19/h3-5,8-9,13H,6-7,10-11H2,1-2H3. The molecule has 20 heavy (non-hydrogen) atoms. The van der Waals surface area contributed by atoms with E-state index < -0.39 is 16.1 Å². The average Bonchev–Trinajstić information content (AvgIpc) is 2.46. The predicted octanol–water partition coefficient (Wildman–Crippen LogP) is 1.46. The van der Waals surface area contributed by atoms with E-state index >= 15 is 0 Å². The van der Waals surface area contributed by atoms with Crippen molar-refractivity contribution < 1.29 is 13.2 Å². The summed E-state index contributed by atoms with van der Waals surface area (Å²) in [4.78, 5) is 14.1. The van der Waals surface area contributed by atoms with E-state index in [0.717, 1.165) is 18.5 Å². The Morgan fingerprint density at radius 3 is 2.50 bits per heavy atom. The highest BCUT2D eigenvalue weighted by Gasteiger charge is 2.36. The van der Waals surface area contributed by atoms with Gasteiger partial charge in [-0.15, -0.1) is 0 Å². The number of carbonyl (C=O) groups excluding carboxylic acids is 1. The molecule has 2 rings (SSSR count). The minimum absolute atomic E-state index is 0.165. The summed E-state index contributed by atoms with van der Waals surface area (Å²) >= 11 is 0. The summed E-state index contributed by atoms with van der Waals surface area (Å²) < 4.78 is 25.0. The van der Waals surface area contributed by atoms with Crippen molar-refractivity contribution in [2.24, 2.45) is 0 Å². The molecule has 1 amide bonds. The van der Waals surface area contributed by atoms with E-state index in [0.29, 0.717) is 13.0 Å². The van der Waals surface area contributed by atoms with Gasteiger partial charge in [-0.05, 0) is 25.0 Å². The molecule has 1 fully saturated rings. The molecule has 110 valence electrons. The van der Waals surface area contributed by atoms with Gasteiger partial charge in [0.15, 0.2) is 0 Å². The molecule has 0 aliphatic carbocycles. The lowest BCUT2D eigenvalue weighted by atomic mass is 10.0. The van der Waals surface area contributed by atoms with Crippen LogP contribution >= 0.6 is 0 Å². The number of benzene rings is 1. The summed E-state index contributed by atoms with van der Waals surface area (Å²) in [7, 11) is -1.66. The lowest BCUT2D eigenvalue weighted by Crippen LogP contribution is -2.52. The molecular weight excluding hydrogens is 276 g/mol. The van der Waals surface area contributed by atoms with Crippen LogP contribution in [-0.2, 0) is 14.8 Å². The van der Waals surface area contributed by atoms with Gasteiger partial charge in [0.05, 0.1) is 6.26 Å². The van der Waals surface area contributed by atoms with Crippen LogP contribution in [0.15, 0.2) is 30.3 Å². The van der Waals surface area contributed by atoms with Gasteiger partial charge in [0, 0.05) is 19.3 Å². The highest BCUT2D eigenvalue weighted by atomic mass is 32.2. The van der Waals surface area contributed by atoms with Gasteiger partial charge >= 0.3 is 0 Å². The highest BCUT2D eigenvalue weighted by molar-refractivity contribution is 7.88. The lowest BCUT2D eigenvalue weighted by molar-refractivity contribution is -0.122. The molecule has 1 aromatic carbocycles. The Balaban J connectivity index is 2.22. The van der Waals surface area contributed by atoms with Gasteiger partial charge in [-0.1, -0.05) is 24.6 Å². The number of sulfonamides is 1. The average molecular weight is 296 g/mol. The van der Waals surface area contributed by atoms with Gasteiger partial charge < -0.3 is 4.90 Å². The van der Waals surface area contributed by atoms with Crippen molar-refractivity contribution in [2.75, 3.05) is 24.7 Å². The van der Waals surface area contributed by atoms with Gasteiger partial charge in [-0.3, -0.25) is 4.79 Å². The summed E-state index contributed by atoms with van der Waals surface area (Å²) in [5.41, 5.74) is 0.775. The minimum atomic E-state index is -3.35. The van der Waals surface area contributed by atoms with Crippen LogP contribution in [0.4, 0.5) is 5.69 Å². The van der Waals surface area contributed by atoms with Gasteiger partial charge in [-0.25, -0.2) is 8.42 Å². The van der Waals surface area contributed by atoms with Crippen molar-refractivity contribution in [3.05, 3.63) is 30.3 Å². The smallest absolute Gasteiger partial charge is 0.245 e. The van der Waals surface area contributed by atoms with Crippen molar-refractivity contribution in [2.45, 2.75) is 25.3 Å². The first kappa shape index (κ1) is 15.0. The molecule has 1 heterocycles. The van der Waals surface area contributed by atoms with Gasteiger partial charge in [0.1, 0.15) is 6.04 Å². The zero-order valence-corrected chi connectivity index (χ0v) is 12.6. The molecule has 1 aromatic rings. The monoisotopic (exact) mass is 296 g/mol. The Labute approximate surface area is 120 Å². The number of para-hydroxylation sites is 1. The van der Waals surface area contributed by atoms with Gasteiger partial charge in [0.2, 0.25) is 15.9 Å². The normalized spacial score (nSPS) is 20.6. The predicted molar refractivity (Wildman–Crippen MR) is 79.0 cm³/mol. The number of likely N-dealkylation sites (N-methyl/N-ethyl adjacent to an activating group) is 1. The fraction of sp³-hybridized carbons (Fsp3) is 0.500. The van der Waals surface area contributed by atoms with E-state index in [-0.39, 0.29) is 5.91 Å². The molecule has 0 N–H and O–H groups in total. The van der Waals surface area contributed by atoms with E-state index in [1.165, 1.54) is 15.5 Å². The summed E-state index contributed by atoms with van der Waals surface area (Å²) in [5, 5.41) is 0. The molecule has 1 aliphatic rings. The Kier molecular flexibility index (Phi) is 4.45. The molecule has 0 spiro atoms. The van der Waals surface area contributed by atoms with E-state index in [2.05, 4.69) is 0 Å². The quantitative estimate of drug-likeness (QED) is 0.848. The first-order chi connectivity index (χ1) is 9.41. The van der Waals surface area contributed by atoms with Crippen LogP contribution in [0, 0.1) is 0 Å². The summed E-state index contributed by atoms with van der Waals surface area (Å²) in [6.07, 6.45) is 3.45. The van der Waals surface area contributed by atoms with Crippen molar-refractivity contribution in [3.8, 4) is 0 Å². The number of piperidine rings is 1. The molecular formula is C14H20N2O3S. The maximum absolute atomic E-state index is 12.6. The number of rotatable bonds is 3. The lowest BCUT2D eigenvalue weighted by Gasteiger charge is -2.34. The Bertz CT molecular complexity index is 571. The third kappa shape index (κ3) is 3.19. The van der Waals surface area contributed by atoms with Crippen LogP contribution in [0.25, 0.3) is 0 Å². The number of hydrogen-bond acceptors (Lipinski definition) is 3. The molecule has 1 atom stereocenters. The van der Waals surface area contributed by atoms with Gasteiger partial charge in [-0.2, -0.15) is 4.31 Å². The molecule has 0 saturated carbocycles. The summed E-state index contributed by atoms with van der Waals surface area (Å²) in [6.45, 7) is 0.428. The van der Waals surface area contributed by atoms with E-state index in [9.17, 15) is 13.2 Å². The summed E-state index contributed by atoms with van der Waals surface area (Å²) in [5.74, 6) is -0.165. The Morgan fingerprint density at radius 1 is 1.25 bits per heavy atom. The molecule has 1 saturated heterocycles. The molecule has 5 nitrogen and oxygen atoms in total. The molecule has 1 aliphatic heterocycles. The van der Waals surface area contributed by atoms with Crippen LogP contribution in [0.3, 0.4) is 0 Å². The highest BCUT2D eigenvalue weighted by Crippen LogP contribution is 2.23. The fourth-order valence-corrected chi connectivity index (χ4v) is 3.67. The number of hydrogen-bond donors (Lipinski definition) is 0. The largest absolute Gasteiger partial charge is 0.314 e. The van der Waals surface area contributed by atoms with Crippen molar-refractivity contribution in [1.29, 1.82) is 0 Å². The summed E-state index contributed by atoms with van der Waals surface area (Å²) in [6, 6.07) is 8.69. The second kappa shape index (κ2) is 5.93. The number of anilines is 1. The van der Waals surface area contributed by atoms with E-state index in [1.807, 2.05) is 30.3 Å². The van der Waals surface area contributed by atoms with Crippen LogP contribution in [0.5, 0.6) is 0 Å². The van der Waals surface area contributed by atoms with Crippen LogP contribution < -0.4 is 4.90 Å². The van der Waals surface area contributed by atoms with Gasteiger partial charge in [0.25, 0.3) is 0 Å².